The largest absolute Gasteiger partial charge is 0.632 e. The summed E-state index contributed by atoms with van der Waals surface area (Å²) in [6.45, 7) is 7.22. The van der Waals surface area contributed by atoms with Crippen molar-refractivity contribution in [1.82, 2.24) is 0 Å². The van der Waals surface area contributed by atoms with Gasteiger partial charge in [-0.2, -0.15) is 0 Å². The van der Waals surface area contributed by atoms with Crippen molar-refractivity contribution in [2.45, 2.75) is 44.4 Å². The number of aliphatic hydroxyl groups is 1. The number of quaternary nitrogens is 1. The molecule has 2 fully saturated rings. The molecule has 3 rings (SSSR count). The van der Waals surface area contributed by atoms with E-state index in [-0.39, 0.29) is 30.7 Å². The molecular weight excluding hydrogens is 326 g/mol. The van der Waals surface area contributed by atoms with Gasteiger partial charge in [-0.1, -0.05) is 12.7 Å². The monoisotopic (exact) mass is 349 g/mol. The van der Waals surface area contributed by atoms with Crippen LogP contribution < -0.4 is 0 Å². The SMILES string of the molecule is C=C1C/C(=C\C)C(=O)O[C@@H]2CC[N+]3([O-])CC=C(COC(=O)[C@]1(C)O)[C@H]23. The molecule has 0 amide bonds. The Morgan fingerprint density at radius 2 is 2.20 bits per heavy atom. The Morgan fingerprint density at radius 3 is 2.88 bits per heavy atom. The van der Waals surface area contributed by atoms with E-state index in [1.54, 1.807) is 19.1 Å². The summed E-state index contributed by atoms with van der Waals surface area (Å²) in [7, 11) is 0. The summed E-state index contributed by atoms with van der Waals surface area (Å²) in [4.78, 5) is 24.8. The van der Waals surface area contributed by atoms with Gasteiger partial charge in [0.25, 0.3) is 0 Å². The molecule has 2 saturated heterocycles. The molecule has 0 spiro atoms. The van der Waals surface area contributed by atoms with Crippen LogP contribution in [0.3, 0.4) is 0 Å². The van der Waals surface area contributed by atoms with Gasteiger partial charge in [-0.15, -0.1) is 0 Å². The molecule has 3 aliphatic heterocycles. The Kier molecular flexibility index (Phi) is 4.35. The third-order valence-electron chi connectivity index (χ3n) is 5.42. The lowest BCUT2D eigenvalue weighted by molar-refractivity contribution is -0.877. The minimum absolute atomic E-state index is 0.00507. The molecule has 25 heavy (non-hydrogen) atoms. The van der Waals surface area contributed by atoms with Gasteiger partial charge in [-0.3, -0.25) is 0 Å². The van der Waals surface area contributed by atoms with Gasteiger partial charge in [0.15, 0.2) is 17.7 Å². The number of carbonyl (C=O) groups is 2. The van der Waals surface area contributed by atoms with Crippen molar-refractivity contribution in [2.24, 2.45) is 0 Å². The molecule has 0 radical (unpaired) electrons. The molecule has 4 atom stereocenters. The molecule has 0 aliphatic carbocycles. The quantitative estimate of drug-likeness (QED) is 0.231. The van der Waals surface area contributed by atoms with Gasteiger partial charge in [-0.05, 0) is 25.5 Å². The Hall–Kier alpha value is -1.96. The summed E-state index contributed by atoms with van der Waals surface area (Å²) in [5.74, 6) is -1.38. The smallest absolute Gasteiger partial charge is 0.342 e. The fourth-order valence-electron chi connectivity index (χ4n) is 3.69. The minimum Gasteiger partial charge on any atom is -0.632 e. The number of allylic oxidation sites excluding steroid dienone is 1. The second-order valence-electron chi connectivity index (χ2n) is 7.06. The van der Waals surface area contributed by atoms with E-state index < -0.39 is 34.3 Å². The van der Waals surface area contributed by atoms with Crippen LogP contribution in [-0.4, -0.2) is 59.1 Å². The second kappa shape index (κ2) is 6.09. The number of hydrogen-bond acceptors (Lipinski definition) is 6. The first-order chi connectivity index (χ1) is 11.7. The molecule has 0 saturated carbocycles. The summed E-state index contributed by atoms with van der Waals surface area (Å²) in [5.41, 5.74) is -0.841. The molecule has 0 aromatic heterocycles. The molecular formula is C18H23NO6. The predicted octanol–water partition coefficient (Wildman–Crippen LogP) is 1.13. The van der Waals surface area contributed by atoms with Gasteiger partial charge in [0.05, 0.1) is 13.1 Å². The van der Waals surface area contributed by atoms with E-state index in [1.807, 2.05) is 0 Å². The second-order valence-corrected chi connectivity index (χ2v) is 7.06. The number of esters is 2. The van der Waals surface area contributed by atoms with Crippen LogP contribution in [0.15, 0.2) is 35.5 Å². The molecule has 0 aromatic rings. The number of hydroxylamine groups is 3. The fourth-order valence-corrected chi connectivity index (χ4v) is 3.69. The van der Waals surface area contributed by atoms with E-state index in [2.05, 4.69) is 6.58 Å². The number of ether oxygens (including phenoxy) is 2. The van der Waals surface area contributed by atoms with Gasteiger partial charge in [0.1, 0.15) is 6.61 Å². The van der Waals surface area contributed by atoms with Crippen molar-refractivity contribution in [3.05, 3.63) is 40.7 Å². The highest BCUT2D eigenvalue weighted by Gasteiger charge is 2.51. The molecule has 1 unspecified atom stereocenters. The fraction of sp³-hybridized carbons (Fsp3) is 0.556. The maximum atomic E-state index is 12.9. The van der Waals surface area contributed by atoms with E-state index >= 15 is 0 Å². The summed E-state index contributed by atoms with van der Waals surface area (Å²) >= 11 is 0. The van der Waals surface area contributed by atoms with Gasteiger partial charge in [-0.25, -0.2) is 9.59 Å². The highest BCUT2D eigenvalue weighted by Crippen LogP contribution is 2.39. The molecule has 0 aromatic carbocycles. The van der Waals surface area contributed by atoms with Gasteiger partial charge in [0.2, 0.25) is 0 Å². The van der Waals surface area contributed by atoms with Gasteiger partial charge in [0, 0.05) is 24.0 Å². The Balaban J connectivity index is 1.96. The van der Waals surface area contributed by atoms with E-state index in [4.69, 9.17) is 9.47 Å². The third-order valence-corrected chi connectivity index (χ3v) is 5.42. The van der Waals surface area contributed by atoms with Crippen molar-refractivity contribution in [3.8, 4) is 0 Å². The summed E-state index contributed by atoms with van der Waals surface area (Å²) < 4.78 is 10.4. The molecule has 3 heterocycles. The maximum Gasteiger partial charge on any atom is 0.342 e. The molecule has 136 valence electrons. The van der Waals surface area contributed by atoms with E-state index in [9.17, 15) is 19.9 Å². The lowest BCUT2D eigenvalue weighted by Gasteiger charge is -2.40. The number of nitrogens with zero attached hydrogens (tertiary/aromatic N) is 1. The van der Waals surface area contributed by atoms with Crippen LogP contribution in [0.4, 0.5) is 0 Å². The summed E-state index contributed by atoms with van der Waals surface area (Å²) in [6, 6.07) is -0.553. The number of carbonyl (C=O) groups excluding carboxylic acids is 2. The standard InChI is InChI=1S/C18H23NO6/c1-4-12-9-11(2)18(3,22)17(21)24-10-13-5-7-19(23)8-6-14(15(13)19)25-16(12)20/h4-5,14-15,22H,2,6-10H2,1,3H3/b12-4+/t14-,15-,18-,19?/m1/s1. The van der Waals surface area contributed by atoms with Crippen LogP contribution >= 0.6 is 0 Å². The van der Waals surface area contributed by atoms with E-state index in [0.717, 1.165) is 0 Å². The molecule has 7 nitrogen and oxygen atoms in total. The molecule has 3 aliphatic rings. The molecule has 1 N–H and O–H groups in total. The predicted molar refractivity (Wildman–Crippen MR) is 88.8 cm³/mol. The van der Waals surface area contributed by atoms with Crippen LogP contribution in [-0.2, 0) is 19.1 Å². The number of cyclic esters (lactones) is 1. The van der Waals surface area contributed by atoms with Crippen LogP contribution in [0.2, 0.25) is 0 Å². The number of rotatable bonds is 0. The Morgan fingerprint density at radius 1 is 1.48 bits per heavy atom. The molecule has 0 bridgehead atoms. The van der Waals surface area contributed by atoms with Crippen LogP contribution in [0.25, 0.3) is 0 Å². The molecule has 7 heteroatoms. The third kappa shape index (κ3) is 2.92. The summed E-state index contributed by atoms with van der Waals surface area (Å²) in [5, 5.41) is 23.4. The van der Waals surface area contributed by atoms with Crippen LogP contribution in [0.5, 0.6) is 0 Å². The zero-order valence-corrected chi connectivity index (χ0v) is 14.5. The lowest BCUT2D eigenvalue weighted by atomic mass is 9.91. The Labute approximate surface area is 146 Å². The lowest BCUT2D eigenvalue weighted by Crippen LogP contribution is -2.48. The summed E-state index contributed by atoms with van der Waals surface area (Å²) in [6.07, 6.45) is 3.24. The topological polar surface area (TPSA) is 95.9 Å². The van der Waals surface area contributed by atoms with Gasteiger partial charge >= 0.3 is 11.9 Å². The average Bonchev–Trinajstić information content (AvgIpc) is 3.05. The normalized spacial score (nSPS) is 40.7. The minimum atomic E-state index is -1.93. The average molecular weight is 349 g/mol. The first-order valence-corrected chi connectivity index (χ1v) is 8.40. The highest BCUT2D eigenvalue weighted by molar-refractivity contribution is 5.90. The van der Waals surface area contributed by atoms with E-state index in [0.29, 0.717) is 18.5 Å². The van der Waals surface area contributed by atoms with Crippen molar-refractivity contribution in [3.63, 3.8) is 0 Å². The van der Waals surface area contributed by atoms with Crippen molar-refractivity contribution in [2.75, 3.05) is 19.7 Å². The van der Waals surface area contributed by atoms with Gasteiger partial charge < -0.3 is 24.4 Å². The zero-order valence-electron chi connectivity index (χ0n) is 14.5. The van der Waals surface area contributed by atoms with Crippen molar-refractivity contribution in [1.29, 1.82) is 0 Å². The van der Waals surface area contributed by atoms with E-state index in [1.165, 1.54) is 6.92 Å². The first-order valence-electron chi connectivity index (χ1n) is 8.40. The van der Waals surface area contributed by atoms with Crippen LogP contribution in [0, 0.1) is 5.21 Å². The Bertz CT molecular complexity index is 692. The zero-order chi connectivity index (χ0) is 18.4. The first kappa shape index (κ1) is 17.8. The maximum absolute atomic E-state index is 12.9. The van der Waals surface area contributed by atoms with Crippen molar-refractivity contribution >= 4 is 11.9 Å². The van der Waals surface area contributed by atoms with Crippen molar-refractivity contribution < 1.29 is 28.8 Å². The number of hydrogen-bond donors (Lipinski definition) is 1. The highest BCUT2D eigenvalue weighted by atomic mass is 16.6. The van der Waals surface area contributed by atoms with Crippen LogP contribution in [0.1, 0.15) is 26.7 Å².